The summed E-state index contributed by atoms with van der Waals surface area (Å²) in [5.74, 6) is -0.475. The average molecular weight is 342 g/mol. The molecule has 0 saturated heterocycles. The molecule has 3 rings (SSSR count). The van der Waals surface area contributed by atoms with Crippen LogP contribution in [0.5, 0.6) is 0 Å². The Morgan fingerprint density at radius 1 is 1.04 bits per heavy atom. The number of aromatic nitrogens is 1. The van der Waals surface area contributed by atoms with Crippen molar-refractivity contribution in [3.63, 3.8) is 0 Å². The highest BCUT2D eigenvalue weighted by molar-refractivity contribution is 6.30. The van der Waals surface area contributed by atoms with Gasteiger partial charge in [-0.15, -0.1) is 0 Å². The van der Waals surface area contributed by atoms with Crippen molar-refractivity contribution >= 4 is 34.7 Å². The normalized spacial score (nSPS) is 10.2. The molecular weight excluding hydrogens is 329 g/mol. The van der Waals surface area contributed by atoms with Gasteiger partial charge in [-0.05, 0) is 42.5 Å². The van der Waals surface area contributed by atoms with Crippen molar-refractivity contribution in [3.05, 3.63) is 83.3 Å². The lowest BCUT2D eigenvalue weighted by Crippen LogP contribution is -2.15. The molecular formula is C18H13ClFN3O. The SMILES string of the molecule is O=C(Nc1ccc(Cl)cn1)c1ccc(F)cc1Nc1ccccc1. The Kier molecular flexibility index (Phi) is 4.72. The summed E-state index contributed by atoms with van der Waals surface area (Å²) in [6.07, 6.45) is 1.44. The molecule has 0 atom stereocenters. The van der Waals surface area contributed by atoms with Gasteiger partial charge in [0.25, 0.3) is 5.91 Å². The predicted octanol–water partition coefficient (Wildman–Crippen LogP) is 4.87. The van der Waals surface area contributed by atoms with E-state index in [2.05, 4.69) is 15.6 Å². The highest BCUT2D eigenvalue weighted by atomic mass is 35.5. The number of para-hydroxylation sites is 1. The summed E-state index contributed by atoms with van der Waals surface area (Å²) in [5, 5.41) is 6.18. The Morgan fingerprint density at radius 3 is 2.54 bits per heavy atom. The lowest BCUT2D eigenvalue weighted by atomic mass is 10.1. The molecule has 0 aliphatic heterocycles. The minimum absolute atomic E-state index is 0.303. The van der Waals surface area contributed by atoms with Crippen molar-refractivity contribution in [2.24, 2.45) is 0 Å². The third kappa shape index (κ3) is 3.88. The predicted molar refractivity (Wildman–Crippen MR) is 93.3 cm³/mol. The number of hydrogen-bond acceptors (Lipinski definition) is 3. The van der Waals surface area contributed by atoms with Gasteiger partial charge in [-0.1, -0.05) is 29.8 Å². The van der Waals surface area contributed by atoms with Gasteiger partial charge in [0.2, 0.25) is 0 Å². The molecule has 0 saturated carbocycles. The van der Waals surface area contributed by atoms with E-state index < -0.39 is 11.7 Å². The van der Waals surface area contributed by atoms with E-state index >= 15 is 0 Å². The first-order valence-electron chi connectivity index (χ1n) is 7.16. The molecule has 1 heterocycles. The van der Waals surface area contributed by atoms with Gasteiger partial charge in [0.1, 0.15) is 11.6 Å². The summed E-state index contributed by atoms with van der Waals surface area (Å²) < 4.78 is 13.6. The first-order chi connectivity index (χ1) is 11.6. The number of rotatable bonds is 4. The second-order valence-corrected chi connectivity index (χ2v) is 5.43. The van der Waals surface area contributed by atoms with Crippen LogP contribution >= 0.6 is 11.6 Å². The largest absolute Gasteiger partial charge is 0.355 e. The third-order valence-electron chi connectivity index (χ3n) is 3.25. The molecule has 0 aliphatic rings. The molecule has 1 amide bonds. The molecule has 0 unspecified atom stereocenters. The fraction of sp³-hybridized carbons (Fsp3) is 0. The lowest BCUT2D eigenvalue weighted by molar-refractivity contribution is 0.102. The van der Waals surface area contributed by atoms with Crippen molar-refractivity contribution < 1.29 is 9.18 Å². The van der Waals surface area contributed by atoms with E-state index in [-0.39, 0.29) is 0 Å². The smallest absolute Gasteiger partial charge is 0.258 e. The van der Waals surface area contributed by atoms with E-state index in [0.717, 1.165) is 5.69 Å². The number of halogens is 2. The summed E-state index contributed by atoms with van der Waals surface area (Å²) in [5.41, 5.74) is 1.42. The molecule has 24 heavy (non-hydrogen) atoms. The molecule has 0 bridgehead atoms. The van der Waals surface area contributed by atoms with Crippen LogP contribution in [0.15, 0.2) is 66.9 Å². The Labute approximate surface area is 143 Å². The summed E-state index contributed by atoms with van der Waals surface area (Å²) in [4.78, 5) is 16.5. The van der Waals surface area contributed by atoms with Gasteiger partial charge in [-0.2, -0.15) is 0 Å². The average Bonchev–Trinajstić information content (AvgIpc) is 2.58. The minimum Gasteiger partial charge on any atom is -0.355 e. The van der Waals surface area contributed by atoms with Crippen molar-refractivity contribution in [2.75, 3.05) is 10.6 Å². The number of benzene rings is 2. The van der Waals surface area contributed by atoms with Crippen LogP contribution < -0.4 is 10.6 Å². The van der Waals surface area contributed by atoms with Crippen molar-refractivity contribution in [1.29, 1.82) is 0 Å². The number of pyridine rings is 1. The van der Waals surface area contributed by atoms with Crippen LogP contribution in [0.3, 0.4) is 0 Å². The van der Waals surface area contributed by atoms with Crippen LogP contribution in [0.2, 0.25) is 5.02 Å². The Morgan fingerprint density at radius 2 is 1.83 bits per heavy atom. The Hall–Kier alpha value is -2.92. The second-order valence-electron chi connectivity index (χ2n) is 5.00. The third-order valence-corrected chi connectivity index (χ3v) is 3.47. The van der Waals surface area contributed by atoms with E-state index in [4.69, 9.17) is 11.6 Å². The summed E-state index contributed by atoms with van der Waals surface area (Å²) in [6, 6.07) is 16.4. The zero-order valence-corrected chi connectivity index (χ0v) is 13.2. The molecule has 2 N–H and O–H groups in total. The monoisotopic (exact) mass is 341 g/mol. The number of nitrogens with one attached hydrogen (secondary N) is 2. The summed E-state index contributed by atoms with van der Waals surface area (Å²) >= 11 is 5.77. The van der Waals surface area contributed by atoms with Crippen LogP contribution in [0.4, 0.5) is 21.6 Å². The van der Waals surface area contributed by atoms with E-state index in [1.54, 1.807) is 12.1 Å². The molecule has 0 fully saturated rings. The number of hydrogen-bond donors (Lipinski definition) is 2. The van der Waals surface area contributed by atoms with E-state index in [1.165, 1.54) is 24.4 Å². The number of nitrogens with zero attached hydrogens (tertiary/aromatic N) is 1. The maximum Gasteiger partial charge on any atom is 0.258 e. The van der Waals surface area contributed by atoms with Crippen LogP contribution in [0.1, 0.15) is 10.4 Å². The Bertz CT molecular complexity index is 854. The lowest BCUT2D eigenvalue weighted by Gasteiger charge is -2.12. The molecule has 3 aromatic rings. The molecule has 0 aliphatic carbocycles. The first-order valence-corrected chi connectivity index (χ1v) is 7.54. The molecule has 120 valence electrons. The highest BCUT2D eigenvalue weighted by Gasteiger charge is 2.13. The maximum absolute atomic E-state index is 13.6. The van der Waals surface area contributed by atoms with Gasteiger partial charge in [0, 0.05) is 11.9 Å². The summed E-state index contributed by atoms with van der Waals surface area (Å²) in [6.45, 7) is 0. The number of carbonyl (C=O) groups is 1. The van der Waals surface area contributed by atoms with Gasteiger partial charge in [0.05, 0.1) is 16.3 Å². The standard InChI is InChI=1S/C18H13ClFN3O/c19-12-6-9-17(21-11-12)23-18(24)15-8-7-13(20)10-16(15)22-14-4-2-1-3-5-14/h1-11,22H,(H,21,23,24). The van der Waals surface area contributed by atoms with E-state index in [1.807, 2.05) is 30.3 Å². The fourth-order valence-corrected chi connectivity index (χ4v) is 2.24. The molecule has 6 heteroatoms. The van der Waals surface area contributed by atoms with Gasteiger partial charge in [-0.25, -0.2) is 9.37 Å². The topological polar surface area (TPSA) is 54.0 Å². The van der Waals surface area contributed by atoms with Crippen molar-refractivity contribution in [2.45, 2.75) is 0 Å². The van der Waals surface area contributed by atoms with Crippen molar-refractivity contribution in [3.8, 4) is 0 Å². The summed E-state index contributed by atoms with van der Waals surface area (Å²) in [7, 11) is 0. The van der Waals surface area contributed by atoms with Crippen LogP contribution in [0.25, 0.3) is 0 Å². The van der Waals surface area contributed by atoms with Gasteiger partial charge in [0.15, 0.2) is 0 Å². The Balaban J connectivity index is 1.86. The highest BCUT2D eigenvalue weighted by Crippen LogP contribution is 2.23. The van der Waals surface area contributed by atoms with E-state index in [9.17, 15) is 9.18 Å². The molecule has 4 nitrogen and oxygen atoms in total. The van der Waals surface area contributed by atoms with Crippen LogP contribution in [-0.4, -0.2) is 10.9 Å². The quantitative estimate of drug-likeness (QED) is 0.711. The number of carbonyl (C=O) groups excluding carboxylic acids is 1. The second kappa shape index (κ2) is 7.10. The molecule has 2 aromatic carbocycles. The molecule has 0 spiro atoms. The van der Waals surface area contributed by atoms with Crippen LogP contribution in [0, 0.1) is 5.82 Å². The van der Waals surface area contributed by atoms with Crippen molar-refractivity contribution in [1.82, 2.24) is 4.98 Å². The number of amides is 1. The first kappa shape index (κ1) is 16.0. The van der Waals surface area contributed by atoms with Gasteiger partial charge in [-0.3, -0.25) is 4.79 Å². The van der Waals surface area contributed by atoms with E-state index in [0.29, 0.717) is 22.1 Å². The van der Waals surface area contributed by atoms with Gasteiger partial charge >= 0.3 is 0 Å². The molecule has 0 radical (unpaired) electrons. The van der Waals surface area contributed by atoms with Crippen LogP contribution in [-0.2, 0) is 0 Å². The molecule has 1 aromatic heterocycles. The zero-order valence-electron chi connectivity index (χ0n) is 12.5. The zero-order chi connectivity index (χ0) is 16.9. The number of anilines is 3. The maximum atomic E-state index is 13.6. The van der Waals surface area contributed by atoms with Gasteiger partial charge < -0.3 is 10.6 Å². The minimum atomic E-state index is -0.436. The fourth-order valence-electron chi connectivity index (χ4n) is 2.13.